The van der Waals surface area contributed by atoms with E-state index < -0.39 is 0 Å². The predicted octanol–water partition coefficient (Wildman–Crippen LogP) is 2.36. The van der Waals surface area contributed by atoms with Crippen LogP contribution < -0.4 is 0 Å². The molecule has 3 aliphatic rings. The van der Waals surface area contributed by atoms with Gasteiger partial charge in [-0.25, -0.2) is 4.79 Å². The molecule has 0 spiro atoms. The van der Waals surface area contributed by atoms with Crippen molar-refractivity contribution in [2.24, 2.45) is 5.92 Å². The Hall–Kier alpha value is -2.35. The summed E-state index contributed by atoms with van der Waals surface area (Å²) in [6.07, 6.45) is 2.01. The minimum atomic E-state index is -0.0205. The molecule has 0 radical (unpaired) electrons. The minimum absolute atomic E-state index is 0.0205. The van der Waals surface area contributed by atoms with Crippen molar-refractivity contribution in [1.29, 1.82) is 0 Å². The highest BCUT2D eigenvalue weighted by Gasteiger charge is 2.39. The van der Waals surface area contributed by atoms with E-state index in [0.29, 0.717) is 24.7 Å². The average molecular weight is 373 g/mol. The molecule has 0 unspecified atom stereocenters. The fraction of sp³-hybridized carbons (Fsp3) is 0.500. The highest BCUT2D eigenvalue weighted by molar-refractivity contribution is 7.08. The number of carbonyl (C=O) groups is 2. The highest BCUT2D eigenvalue weighted by Crippen LogP contribution is 2.30. The molecule has 8 heteroatoms. The van der Waals surface area contributed by atoms with Crippen LogP contribution in [0, 0.1) is 5.92 Å². The molecule has 5 heterocycles. The summed E-state index contributed by atoms with van der Waals surface area (Å²) in [5.74, 6) is 0.314. The third-order valence-electron chi connectivity index (χ3n) is 5.25. The maximum Gasteiger partial charge on any atom is 0.319 e. The molecule has 0 saturated carbocycles. The van der Waals surface area contributed by atoms with Gasteiger partial charge in [-0.2, -0.15) is 16.4 Å². The van der Waals surface area contributed by atoms with Crippen molar-refractivity contribution >= 4 is 23.3 Å². The van der Waals surface area contributed by atoms with Crippen LogP contribution in [0.4, 0.5) is 4.79 Å². The third-order valence-corrected chi connectivity index (χ3v) is 5.94. The summed E-state index contributed by atoms with van der Waals surface area (Å²) >= 11 is 1.61. The van der Waals surface area contributed by atoms with Crippen LogP contribution in [0.3, 0.4) is 0 Å². The predicted molar refractivity (Wildman–Crippen MR) is 100 cm³/mol. The zero-order chi connectivity index (χ0) is 18.3. The molecule has 3 amide bonds. The molecule has 0 aliphatic carbocycles. The van der Waals surface area contributed by atoms with Crippen LogP contribution >= 0.6 is 11.3 Å². The number of carbonyl (C=O) groups excluding carboxylic acids is 2. The summed E-state index contributed by atoms with van der Waals surface area (Å²) in [7, 11) is 3.54. The topological polar surface area (TPSA) is 72.5 Å². The SMILES string of the molecule is CN(C)C(=O)N1C[C@@H]2CC[C@H](C1)N(C(=O)c1cc(-c3ccsc3)n[nH]1)C2. The molecule has 2 atom stereocenters. The van der Waals surface area contributed by atoms with Gasteiger partial charge in [-0.05, 0) is 36.3 Å². The number of nitrogens with one attached hydrogen (secondary N) is 1. The lowest BCUT2D eigenvalue weighted by atomic mass is 9.94. The minimum Gasteiger partial charge on any atom is -0.332 e. The van der Waals surface area contributed by atoms with Crippen molar-refractivity contribution in [3.05, 3.63) is 28.6 Å². The average Bonchev–Trinajstić information content (AvgIpc) is 3.25. The van der Waals surface area contributed by atoms with Crippen molar-refractivity contribution in [3.63, 3.8) is 0 Å². The van der Waals surface area contributed by atoms with Crippen LogP contribution in [0.25, 0.3) is 11.3 Å². The van der Waals surface area contributed by atoms with Gasteiger partial charge in [0.05, 0.1) is 5.69 Å². The Balaban J connectivity index is 1.53. The zero-order valence-corrected chi connectivity index (χ0v) is 15.8. The first-order valence-electron chi connectivity index (χ1n) is 8.88. The molecule has 26 heavy (non-hydrogen) atoms. The van der Waals surface area contributed by atoms with Crippen LogP contribution in [-0.2, 0) is 0 Å². The molecule has 5 rings (SSSR count). The number of piperidine rings is 1. The summed E-state index contributed by atoms with van der Waals surface area (Å²) < 4.78 is 0. The molecule has 2 aromatic heterocycles. The number of H-pyrrole nitrogens is 1. The van der Waals surface area contributed by atoms with E-state index in [2.05, 4.69) is 10.2 Å². The maximum atomic E-state index is 13.1. The van der Waals surface area contributed by atoms with Gasteiger partial charge in [-0.3, -0.25) is 9.89 Å². The van der Waals surface area contributed by atoms with E-state index in [4.69, 9.17) is 0 Å². The van der Waals surface area contributed by atoms with E-state index in [1.165, 1.54) is 0 Å². The standard InChI is InChI=1S/C18H23N5O2S/c1-21(2)18(25)22-8-12-3-4-14(10-22)23(9-12)17(24)16-7-15(19-20-16)13-5-6-26-11-13/h5-7,11-12,14H,3-4,8-10H2,1-2H3,(H,19,20)/t12-,14+/m0/s1. The van der Waals surface area contributed by atoms with E-state index in [-0.39, 0.29) is 18.0 Å². The Labute approximate surface area is 156 Å². The Morgan fingerprint density at radius 1 is 1.27 bits per heavy atom. The Bertz CT molecular complexity index is 800. The van der Waals surface area contributed by atoms with Crippen molar-refractivity contribution in [3.8, 4) is 11.3 Å². The second-order valence-electron chi connectivity index (χ2n) is 7.32. The van der Waals surface area contributed by atoms with E-state index >= 15 is 0 Å². The first kappa shape index (κ1) is 17.1. The van der Waals surface area contributed by atoms with Crippen LogP contribution in [0.1, 0.15) is 23.3 Å². The van der Waals surface area contributed by atoms with Crippen molar-refractivity contribution < 1.29 is 9.59 Å². The number of amides is 3. The molecule has 1 N–H and O–H groups in total. The van der Waals surface area contributed by atoms with Gasteiger partial charge in [-0.15, -0.1) is 0 Å². The van der Waals surface area contributed by atoms with E-state index in [0.717, 1.165) is 30.6 Å². The number of rotatable bonds is 2. The number of nitrogens with zero attached hydrogens (tertiary/aromatic N) is 4. The Morgan fingerprint density at radius 2 is 2.12 bits per heavy atom. The second kappa shape index (κ2) is 6.75. The van der Waals surface area contributed by atoms with Gasteiger partial charge in [-0.1, -0.05) is 0 Å². The largest absolute Gasteiger partial charge is 0.332 e. The normalized spacial score (nSPS) is 22.4. The molecule has 7 nitrogen and oxygen atoms in total. The number of thiophene rings is 1. The first-order valence-corrected chi connectivity index (χ1v) is 9.82. The Morgan fingerprint density at radius 3 is 2.85 bits per heavy atom. The second-order valence-corrected chi connectivity index (χ2v) is 8.10. The lowest BCUT2D eigenvalue weighted by Crippen LogP contribution is -2.48. The molecule has 3 aliphatic heterocycles. The fourth-order valence-electron chi connectivity index (χ4n) is 3.91. The van der Waals surface area contributed by atoms with Crippen LogP contribution in [-0.4, -0.2) is 76.6 Å². The molecule has 2 aromatic rings. The smallest absolute Gasteiger partial charge is 0.319 e. The van der Waals surface area contributed by atoms with Crippen molar-refractivity contribution in [2.75, 3.05) is 33.7 Å². The van der Waals surface area contributed by atoms with Crippen LogP contribution in [0.5, 0.6) is 0 Å². The maximum absolute atomic E-state index is 13.1. The Kier molecular flexibility index (Phi) is 4.44. The highest BCUT2D eigenvalue weighted by atomic mass is 32.1. The summed E-state index contributed by atoms with van der Waals surface area (Å²) in [5.41, 5.74) is 2.33. The number of hydrogen-bond acceptors (Lipinski definition) is 4. The summed E-state index contributed by atoms with van der Waals surface area (Å²) in [4.78, 5) is 30.9. The number of aromatic amines is 1. The third kappa shape index (κ3) is 3.09. The molecule has 3 saturated heterocycles. The molecule has 138 valence electrons. The summed E-state index contributed by atoms with van der Waals surface area (Å²) in [6, 6.07) is 3.91. The monoisotopic (exact) mass is 373 g/mol. The van der Waals surface area contributed by atoms with E-state index in [9.17, 15) is 9.59 Å². The summed E-state index contributed by atoms with van der Waals surface area (Å²) in [5, 5.41) is 11.2. The molecular weight excluding hydrogens is 350 g/mol. The number of aromatic nitrogens is 2. The van der Waals surface area contributed by atoms with Crippen molar-refractivity contribution in [1.82, 2.24) is 24.9 Å². The van der Waals surface area contributed by atoms with Gasteiger partial charge >= 0.3 is 6.03 Å². The number of hydrogen-bond donors (Lipinski definition) is 1. The fourth-order valence-corrected chi connectivity index (χ4v) is 4.56. The van der Waals surface area contributed by atoms with Gasteiger partial charge < -0.3 is 14.7 Å². The quantitative estimate of drug-likeness (QED) is 0.878. The van der Waals surface area contributed by atoms with Crippen molar-refractivity contribution in [2.45, 2.75) is 18.9 Å². The first-order chi connectivity index (χ1) is 12.5. The van der Waals surface area contributed by atoms with Gasteiger partial charge in [0.1, 0.15) is 5.69 Å². The lowest BCUT2D eigenvalue weighted by molar-refractivity contribution is 0.0579. The molecule has 2 bridgehead atoms. The number of fused-ring (bicyclic) bond motifs is 4. The molecule has 3 fully saturated rings. The summed E-state index contributed by atoms with van der Waals surface area (Å²) in [6.45, 7) is 2.03. The van der Waals surface area contributed by atoms with Crippen LogP contribution in [0.15, 0.2) is 22.9 Å². The van der Waals surface area contributed by atoms with E-state index in [1.54, 1.807) is 30.3 Å². The van der Waals surface area contributed by atoms with Gasteiger partial charge in [0.25, 0.3) is 5.91 Å². The molecular formula is C18H23N5O2S. The molecule has 0 aromatic carbocycles. The van der Waals surface area contributed by atoms with E-state index in [1.807, 2.05) is 32.7 Å². The lowest BCUT2D eigenvalue weighted by Gasteiger charge is -2.35. The van der Waals surface area contributed by atoms with Crippen LogP contribution in [0.2, 0.25) is 0 Å². The van der Waals surface area contributed by atoms with Gasteiger partial charge in [0.2, 0.25) is 0 Å². The number of urea groups is 1. The van der Waals surface area contributed by atoms with Gasteiger partial charge in [0.15, 0.2) is 0 Å². The zero-order valence-electron chi connectivity index (χ0n) is 15.0. The van der Waals surface area contributed by atoms with Gasteiger partial charge in [0, 0.05) is 50.7 Å².